The number of hydrogen-bond donors (Lipinski definition) is 0. The van der Waals surface area contributed by atoms with Crippen LogP contribution < -0.4 is 0 Å². The third-order valence-electron chi connectivity index (χ3n) is 7.00. The van der Waals surface area contributed by atoms with Gasteiger partial charge in [-0.05, 0) is 86.3 Å². The number of hydrogen-bond acceptors (Lipinski definition) is 0. The number of unbranched alkanes of at least 4 members (excludes halogenated alkanes) is 1. The molecule has 0 aliphatic heterocycles. The zero-order chi connectivity index (χ0) is 17.8. The molecule has 1 aromatic rings. The van der Waals surface area contributed by atoms with Crippen LogP contribution in [0.25, 0.3) is 0 Å². The van der Waals surface area contributed by atoms with Crippen LogP contribution in [0.2, 0.25) is 0 Å². The molecule has 0 spiro atoms. The minimum atomic E-state index is -0.683. The molecule has 2 fully saturated rings. The molecular weight excluding hydrogens is 314 g/mol. The molecule has 0 bridgehead atoms. The summed E-state index contributed by atoms with van der Waals surface area (Å²) in [5.41, 5.74) is 1.46. The zero-order valence-corrected chi connectivity index (χ0v) is 16.0. The molecule has 2 saturated carbocycles. The van der Waals surface area contributed by atoms with Crippen molar-refractivity contribution in [3.05, 3.63) is 34.9 Å². The molecule has 3 rings (SSSR count). The molecule has 2 aliphatic rings. The smallest absolute Gasteiger partial charge is 0.161 e. The highest BCUT2D eigenvalue weighted by atomic mass is 19.2. The van der Waals surface area contributed by atoms with Crippen molar-refractivity contribution < 1.29 is 8.78 Å². The highest BCUT2D eigenvalue weighted by molar-refractivity contribution is 5.28. The minimum Gasteiger partial charge on any atom is -0.204 e. The van der Waals surface area contributed by atoms with E-state index in [9.17, 15) is 8.78 Å². The van der Waals surface area contributed by atoms with E-state index >= 15 is 0 Å². The van der Waals surface area contributed by atoms with Gasteiger partial charge in [0.2, 0.25) is 0 Å². The van der Waals surface area contributed by atoms with Gasteiger partial charge in [-0.3, -0.25) is 0 Å². The van der Waals surface area contributed by atoms with E-state index < -0.39 is 11.6 Å². The van der Waals surface area contributed by atoms with Crippen LogP contribution in [0.3, 0.4) is 0 Å². The van der Waals surface area contributed by atoms with E-state index in [-0.39, 0.29) is 0 Å². The normalized spacial score (nSPS) is 30.4. The number of rotatable bonds is 5. The van der Waals surface area contributed by atoms with Gasteiger partial charge in [0.15, 0.2) is 11.6 Å². The van der Waals surface area contributed by atoms with Crippen LogP contribution in [0, 0.1) is 36.3 Å². The number of halogens is 2. The van der Waals surface area contributed by atoms with Gasteiger partial charge in [-0.15, -0.1) is 0 Å². The summed E-state index contributed by atoms with van der Waals surface area (Å²) in [6, 6.07) is 3.30. The van der Waals surface area contributed by atoms with E-state index in [1.54, 1.807) is 6.92 Å². The fourth-order valence-corrected chi connectivity index (χ4v) is 5.35. The van der Waals surface area contributed by atoms with Gasteiger partial charge in [0, 0.05) is 0 Å². The van der Waals surface area contributed by atoms with Gasteiger partial charge in [0.25, 0.3) is 0 Å². The van der Waals surface area contributed by atoms with Crippen molar-refractivity contribution >= 4 is 0 Å². The maximum absolute atomic E-state index is 13.7. The lowest BCUT2D eigenvalue weighted by Gasteiger charge is -2.38. The first-order valence-electron chi connectivity index (χ1n) is 10.5. The van der Waals surface area contributed by atoms with Gasteiger partial charge >= 0.3 is 0 Å². The molecule has 140 valence electrons. The minimum absolute atomic E-state index is 0.422. The molecule has 0 aromatic heterocycles. The monoisotopic (exact) mass is 348 g/mol. The predicted molar refractivity (Wildman–Crippen MR) is 101 cm³/mol. The Morgan fingerprint density at radius 1 is 0.880 bits per heavy atom. The van der Waals surface area contributed by atoms with Crippen molar-refractivity contribution in [1.82, 2.24) is 0 Å². The molecule has 25 heavy (non-hydrogen) atoms. The van der Waals surface area contributed by atoms with E-state index in [1.165, 1.54) is 63.9 Å². The van der Waals surface area contributed by atoms with Crippen LogP contribution >= 0.6 is 0 Å². The quantitative estimate of drug-likeness (QED) is 0.515. The molecule has 0 saturated heterocycles. The summed E-state index contributed by atoms with van der Waals surface area (Å²) in [6.45, 7) is 3.96. The summed E-state index contributed by atoms with van der Waals surface area (Å²) in [6.07, 6.45) is 14.7. The highest BCUT2D eigenvalue weighted by Crippen LogP contribution is 2.44. The second kappa shape index (κ2) is 8.64. The Morgan fingerprint density at radius 2 is 1.48 bits per heavy atom. The van der Waals surface area contributed by atoms with Gasteiger partial charge in [-0.25, -0.2) is 8.78 Å². The van der Waals surface area contributed by atoms with Crippen molar-refractivity contribution in [3.63, 3.8) is 0 Å². The summed E-state index contributed by atoms with van der Waals surface area (Å²) < 4.78 is 27.2. The lowest BCUT2D eigenvalue weighted by molar-refractivity contribution is 0.156. The maximum atomic E-state index is 13.7. The summed E-state index contributed by atoms with van der Waals surface area (Å²) in [5.74, 6) is 1.84. The zero-order valence-electron chi connectivity index (χ0n) is 16.0. The summed E-state index contributed by atoms with van der Waals surface area (Å²) in [7, 11) is 0. The van der Waals surface area contributed by atoms with Crippen LogP contribution in [-0.2, 0) is 0 Å². The second-order valence-electron chi connectivity index (χ2n) is 8.67. The first kappa shape index (κ1) is 18.9. The molecule has 1 aromatic carbocycles. The third kappa shape index (κ3) is 4.63. The molecule has 0 atom stereocenters. The van der Waals surface area contributed by atoms with E-state index in [2.05, 4.69) is 6.92 Å². The first-order valence-corrected chi connectivity index (χ1v) is 10.5. The van der Waals surface area contributed by atoms with E-state index in [4.69, 9.17) is 0 Å². The Bertz CT molecular complexity index is 526. The summed E-state index contributed by atoms with van der Waals surface area (Å²) >= 11 is 0. The third-order valence-corrected chi connectivity index (χ3v) is 7.00. The Balaban J connectivity index is 1.49. The fourth-order valence-electron chi connectivity index (χ4n) is 5.35. The van der Waals surface area contributed by atoms with Gasteiger partial charge in [-0.1, -0.05) is 45.1 Å². The molecule has 0 heterocycles. The topological polar surface area (TPSA) is 0 Å². The van der Waals surface area contributed by atoms with E-state index in [1.807, 2.05) is 6.07 Å². The molecule has 0 unspecified atom stereocenters. The molecular formula is C23H34F2. The predicted octanol–water partition coefficient (Wildman–Crippen LogP) is 7.54. The van der Waals surface area contributed by atoms with Gasteiger partial charge in [-0.2, -0.15) is 0 Å². The summed E-state index contributed by atoms with van der Waals surface area (Å²) in [4.78, 5) is 0. The summed E-state index contributed by atoms with van der Waals surface area (Å²) in [5, 5.41) is 0. The molecule has 0 nitrogen and oxygen atoms in total. The molecule has 0 amide bonds. The molecule has 0 radical (unpaired) electrons. The number of benzene rings is 1. The Morgan fingerprint density at radius 3 is 2.04 bits per heavy atom. The standard InChI is InChI=1S/C23H34F2/c1-3-4-5-17-6-8-18(9-7-17)19-10-12-20(13-11-19)21-14-16(2)23(25)22(24)15-21/h14-15,17-20H,3-13H2,1-2H3. The maximum Gasteiger partial charge on any atom is 0.161 e. The van der Waals surface area contributed by atoms with Crippen LogP contribution in [0.15, 0.2) is 12.1 Å². The Hall–Kier alpha value is -0.920. The molecule has 2 heteroatoms. The highest BCUT2D eigenvalue weighted by Gasteiger charge is 2.31. The van der Waals surface area contributed by atoms with Crippen molar-refractivity contribution in [2.45, 2.75) is 90.4 Å². The average Bonchev–Trinajstić information content (AvgIpc) is 2.64. The molecule has 0 N–H and O–H groups in total. The lowest BCUT2D eigenvalue weighted by Crippen LogP contribution is -2.25. The largest absolute Gasteiger partial charge is 0.204 e. The van der Waals surface area contributed by atoms with Crippen LogP contribution in [-0.4, -0.2) is 0 Å². The molecule has 2 aliphatic carbocycles. The van der Waals surface area contributed by atoms with Crippen molar-refractivity contribution in [3.8, 4) is 0 Å². The van der Waals surface area contributed by atoms with Gasteiger partial charge in [0.05, 0.1) is 0 Å². The van der Waals surface area contributed by atoms with Crippen molar-refractivity contribution in [2.24, 2.45) is 17.8 Å². The SMILES string of the molecule is CCCCC1CCC(C2CCC(c3cc(C)c(F)c(F)c3)CC2)CC1. The van der Waals surface area contributed by atoms with Crippen LogP contribution in [0.1, 0.15) is 94.6 Å². The fraction of sp³-hybridized carbons (Fsp3) is 0.739. The second-order valence-corrected chi connectivity index (χ2v) is 8.67. The lowest BCUT2D eigenvalue weighted by atomic mass is 9.68. The van der Waals surface area contributed by atoms with E-state index in [0.29, 0.717) is 11.5 Å². The van der Waals surface area contributed by atoms with E-state index in [0.717, 1.165) is 36.2 Å². The van der Waals surface area contributed by atoms with Gasteiger partial charge < -0.3 is 0 Å². The Kier molecular flexibility index (Phi) is 6.52. The van der Waals surface area contributed by atoms with Gasteiger partial charge in [0.1, 0.15) is 0 Å². The van der Waals surface area contributed by atoms with Crippen molar-refractivity contribution in [2.75, 3.05) is 0 Å². The average molecular weight is 349 g/mol. The van der Waals surface area contributed by atoms with Crippen LogP contribution in [0.4, 0.5) is 8.78 Å². The number of aryl methyl sites for hydroxylation is 1. The van der Waals surface area contributed by atoms with Crippen LogP contribution in [0.5, 0.6) is 0 Å². The van der Waals surface area contributed by atoms with Crippen molar-refractivity contribution in [1.29, 1.82) is 0 Å². The first-order chi connectivity index (χ1) is 12.1. The Labute approximate surface area is 152 Å².